The lowest BCUT2D eigenvalue weighted by Gasteiger charge is -2.24. The molecule has 1 saturated heterocycles. The Morgan fingerprint density at radius 1 is 1.52 bits per heavy atom. The van der Waals surface area contributed by atoms with Gasteiger partial charge in [-0.05, 0) is 25.1 Å². The fraction of sp³-hybridized carbons (Fsp3) is 0.538. The molecule has 8 heteroatoms. The van der Waals surface area contributed by atoms with E-state index in [0.29, 0.717) is 30.0 Å². The number of hydrogen-bond donors (Lipinski definition) is 2. The predicted molar refractivity (Wildman–Crippen MR) is 83.1 cm³/mol. The quantitative estimate of drug-likeness (QED) is 0.775. The third kappa shape index (κ3) is 4.65. The third-order valence-corrected chi connectivity index (χ3v) is 4.94. The molecule has 2 N–H and O–H groups in total. The Hall–Kier alpha value is -0.670. The molecule has 0 saturated carbocycles. The number of hydrogen-bond acceptors (Lipinski definition) is 5. The van der Waals surface area contributed by atoms with E-state index in [-0.39, 0.29) is 17.5 Å². The number of nitrogens with one attached hydrogen (secondary N) is 2. The van der Waals surface area contributed by atoms with Crippen LogP contribution in [0.15, 0.2) is 27.6 Å². The van der Waals surface area contributed by atoms with Gasteiger partial charge in [-0.25, -0.2) is 13.1 Å². The highest BCUT2D eigenvalue weighted by Crippen LogP contribution is 2.27. The Bertz CT molecular complexity index is 574. The summed E-state index contributed by atoms with van der Waals surface area (Å²) in [5.41, 5.74) is 0. The summed E-state index contributed by atoms with van der Waals surface area (Å²) in [5.74, 6) is 0.343. The minimum atomic E-state index is -3.65. The van der Waals surface area contributed by atoms with Crippen LogP contribution in [0.4, 0.5) is 0 Å². The second-order valence-electron chi connectivity index (χ2n) is 4.57. The molecule has 1 atom stereocenters. The molecule has 0 aromatic heterocycles. The SMILES string of the molecule is CCOc1ccc(Br)cc1S(=O)(=O)NCC1CNCCO1. The summed E-state index contributed by atoms with van der Waals surface area (Å²) in [5, 5.41) is 3.16. The van der Waals surface area contributed by atoms with Crippen LogP contribution in [0.3, 0.4) is 0 Å². The first-order valence-electron chi connectivity index (χ1n) is 6.77. The van der Waals surface area contributed by atoms with E-state index < -0.39 is 10.0 Å². The van der Waals surface area contributed by atoms with E-state index in [1.807, 2.05) is 6.92 Å². The Labute approximate surface area is 133 Å². The number of benzene rings is 1. The average Bonchev–Trinajstić information content (AvgIpc) is 2.48. The number of halogens is 1. The summed E-state index contributed by atoms with van der Waals surface area (Å²) in [6.07, 6.45) is -0.156. The van der Waals surface area contributed by atoms with Crippen molar-refractivity contribution >= 4 is 26.0 Å². The van der Waals surface area contributed by atoms with Gasteiger partial charge in [-0.1, -0.05) is 15.9 Å². The first kappa shape index (κ1) is 16.7. The molecule has 0 spiro atoms. The van der Waals surface area contributed by atoms with Crippen molar-refractivity contribution in [2.24, 2.45) is 0 Å². The van der Waals surface area contributed by atoms with Crippen molar-refractivity contribution in [3.63, 3.8) is 0 Å². The third-order valence-electron chi connectivity index (χ3n) is 3.00. The number of sulfonamides is 1. The number of morpholine rings is 1. The number of ether oxygens (including phenoxy) is 2. The van der Waals surface area contributed by atoms with Crippen LogP contribution in [0, 0.1) is 0 Å². The lowest BCUT2D eigenvalue weighted by Crippen LogP contribution is -2.45. The van der Waals surface area contributed by atoms with Gasteiger partial charge in [0.25, 0.3) is 0 Å². The van der Waals surface area contributed by atoms with Gasteiger partial charge in [0.2, 0.25) is 10.0 Å². The molecule has 0 bridgehead atoms. The largest absolute Gasteiger partial charge is 0.492 e. The van der Waals surface area contributed by atoms with E-state index >= 15 is 0 Å². The molecular formula is C13H19BrN2O4S. The van der Waals surface area contributed by atoms with E-state index in [4.69, 9.17) is 9.47 Å². The average molecular weight is 379 g/mol. The van der Waals surface area contributed by atoms with Gasteiger partial charge in [-0.15, -0.1) is 0 Å². The van der Waals surface area contributed by atoms with Crippen molar-refractivity contribution in [2.75, 3.05) is 32.8 Å². The molecule has 118 valence electrons. The number of rotatable bonds is 6. The molecule has 1 aromatic rings. The molecule has 2 rings (SSSR count). The zero-order valence-corrected chi connectivity index (χ0v) is 14.2. The lowest BCUT2D eigenvalue weighted by atomic mass is 10.3. The van der Waals surface area contributed by atoms with Crippen molar-refractivity contribution in [3.8, 4) is 5.75 Å². The summed E-state index contributed by atoms with van der Waals surface area (Å²) in [4.78, 5) is 0.127. The predicted octanol–water partition coefficient (Wildman–Crippen LogP) is 1.11. The van der Waals surface area contributed by atoms with E-state index in [2.05, 4.69) is 26.0 Å². The Morgan fingerprint density at radius 2 is 2.33 bits per heavy atom. The lowest BCUT2D eigenvalue weighted by molar-refractivity contribution is 0.0324. The van der Waals surface area contributed by atoms with Crippen LogP contribution in [-0.4, -0.2) is 47.4 Å². The van der Waals surface area contributed by atoms with Gasteiger partial charge >= 0.3 is 0 Å². The zero-order valence-electron chi connectivity index (χ0n) is 11.8. The fourth-order valence-corrected chi connectivity index (χ4v) is 3.75. The maximum Gasteiger partial charge on any atom is 0.244 e. The molecule has 1 fully saturated rings. The van der Waals surface area contributed by atoms with Crippen LogP contribution in [-0.2, 0) is 14.8 Å². The molecule has 1 heterocycles. The summed E-state index contributed by atoms with van der Waals surface area (Å²) in [6.45, 7) is 4.47. The molecule has 0 radical (unpaired) electrons. The van der Waals surface area contributed by atoms with Crippen molar-refractivity contribution in [2.45, 2.75) is 17.9 Å². The Balaban J connectivity index is 2.12. The summed E-state index contributed by atoms with van der Waals surface area (Å²) < 4.78 is 39.0. The monoisotopic (exact) mass is 378 g/mol. The van der Waals surface area contributed by atoms with Gasteiger partial charge in [-0.2, -0.15) is 0 Å². The molecule has 1 unspecified atom stereocenters. The molecule has 6 nitrogen and oxygen atoms in total. The topological polar surface area (TPSA) is 76.7 Å². The summed E-state index contributed by atoms with van der Waals surface area (Å²) in [7, 11) is -3.65. The van der Waals surface area contributed by atoms with Crippen molar-refractivity contribution in [1.82, 2.24) is 10.0 Å². The van der Waals surface area contributed by atoms with Crippen LogP contribution >= 0.6 is 15.9 Å². The first-order chi connectivity index (χ1) is 10.0. The van der Waals surface area contributed by atoms with Gasteiger partial charge in [0, 0.05) is 24.1 Å². The molecule has 1 aliphatic rings. The highest BCUT2D eigenvalue weighted by molar-refractivity contribution is 9.10. The Kier molecular flexibility index (Phi) is 6.00. The first-order valence-corrected chi connectivity index (χ1v) is 9.05. The molecule has 1 aromatic carbocycles. The van der Waals surface area contributed by atoms with Crippen LogP contribution < -0.4 is 14.8 Å². The van der Waals surface area contributed by atoms with Crippen LogP contribution in [0.25, 0.3) is 0 Å². The van der Waals surface area contributed by atoms with Gasteiger partial charge < -0.3 is 14.8 Å². The van der Waals surface area contributed by atoms with Gasteiger partial charge in [-0.3, -0.25) is 0 Å². The van der Waals surface area contributed by atoms with Crippen LogP contribution in [0.5, 0.6) is 5.75 Å². The second kappa shape index (κ2) is 7.55. The van der Waals surface area contributed by atoms with Gasteiger partial charge in [0.15, 0.2) is 0 Å². The van der Waals surface area contributed by atoms with Crippen LogP contribution in [0.1, 0.15) is 6.92 Å². The van der Waals surface area contributed by atoms with Crippen molar-refractivity contribution in [1.29, 1.82) is 0 Å². The van der Waals surface area contributed by atoms with E-state index in [0.717, 1.165) is 6.54 Å². The van der Waals surface area contributed by atoms with E-state index in [1.54, 1.807) is 12.1 Å². The smallest absolute Gasteiger partial charge is 0.244 e. The molecule has 0 amide bonds. The maximum atomic E-state index is 12.4. The van der Waals surface area contributed by atoms with Crippen molar-refractivity contribution < 1.29 is 17.9 Å². The normalized spacial score (nSPS) is 19.4. The van der Waals surface area contributed by atoms with Crippen molar-refractivity contribution in [3.05, 3.63) is 22.7 Å². The zero-order chi connectivity index (χ0) is 15.3. The van der Waals surface area contributed by atoms with E-state index in [1.165, 1.54) is 6.07 Å². The summed E-state index contributed by atoms with van der Waals surface area (Å²) >= 11 is 3.29. The van der Waals surface area contributed by atoms with Gasteiger partial charge in [0.05, 0.1) is 19.3 Å². The van der Waals surface area contributed by atoms with Gasteiger partial charge in [0.1, 0.15) is 10.6 Å². The van der Waals surface area contributed by atoms with Crippen LogP contribution in [0.2, 0.25) is 0 Å². The highest BCUT2D eigenvalue weighted by atomic mass is 79.9. The second-order valence-corrected chi connectivity index (χ2v) is 7.22. The minimum Gasteiger partial charge on any atom is -0.492 e. The molecular weight excluding hydrogens is 360 g/mol. The highest BCUT2D eigenvalue weighted by Gasteiger charge is 2.22. The maximum absolute atomic E-state index is 12.4. The molecule has 1 aliphatic heterocycles. The summed E-state index contributed by atoms with van der Waals surface area (Å²) in [6, 6.07) is 4.92. The minimum absolute atomic E-state index is 0.127. The fourth-order valence-electron chi connectivity index (χ4n) is 2.00. The Morgan fingerprint density at radius 3 is 3.00 bits per heavy atom. The standard InChI is InChI=1S/C13H19BrN2O4S/c1-2-19-12-4-3-10(14)7-13(12)21(17,18)16-9-11-8-15-5-6-20-11/h3-4,7,11,15-16H,2,5-6,8-9H2,1H3. The van der Waals surface area contributed by atoms with E-state index in [9.17, 15) is 8.42 Å². The molecule has 21 heavy (non-hydrogen) atoms. The molecule has 0 aliphatic carbocycles.